The highest BCUT2D eigenvalue weighted by Gasteiger charge is 2.35. The summed E-state index contributed by atoms with van der Waals surface area (Å²) in [6, 6.07) is 44.3. The lowest BCUT2D eigenvalue weighted by atomic mass is 9.88. The van der Waals surface area contributed by atoms with Gasteiger partial charge in [0, 0.05) is 49.9 Å². The summed E-state index contributed by atoms with van der Waals surface area (Å²) in [6.45, 7) is 0. The van der Waals surface area contributed by atoms with E-state index >= 15 is 0 Å². The smallest absolute Gasteiger partial charge is 0.213 e. The molecule has 272 valence electrons. The van der Waals surface area contributed by atoms with Crippen LogP contribution in [0.1, 0.15) is 71.4 Å². The van der Waals surface area contributed by atoms with Crippen molar-refractivity contribution in [3.8, 4) is 0 Å². The molecule has 0 unspecified atom stereocenters. The third-order valence-corrected chi connectivity index (χ3v) is 11.8. The van der Waals surface area contributed by atoms with Crippen LogP contribution in [0.3, 0.4) is 0 Å². The molecule has 1 saturated carbocycles. The van der Waals surface area contributed by atoms with Crippen molar-refractivity contribution in [3.63, 3.8) is 0 Å². The Morgan fingerprint density at radius 2 is 0.796 bits per heavy atom. The van der Waals surface area contributed by atoms with Crippen LogP contribution in [0.25, 0.3) is 23.3 Å². The van der Waals surface area contributed by atoms with E-state index in [1.807, 2.05) is 97.1 Å². The maximum atomic E-state index is 12.2. The maximum Gasteiger partial charge on any atom is 0.213 e. The van der Waals surface area contributed by atoms with Crippen molar-refractivity contribution in [2.45, 2.75) is 47.6 Å². The van der Waals surface area contributed by atoms with Gasteiger partial charge >= 0.3 is 0 Å². The fourth-order valence-corrected chi connectivity index (χ4v) is 8.75. The Labute approximate surface area is 316 Å². The van der Waals surface area contributed by atoms with E-state index in [-0.39, 0.29) is 21.9 Å². The van der Waals surface area contributed by atoms with Crippen molar-refractivity contribution in [1.82, 2.24) is 0 Å². The lowest BCUT2D eigenvalue weighted by molar-refractivity contribution is -0.750. The van der Waals surface area contributed by atoms with Crippen LogP contribution >= 0.6 is 0 Å². The molecule has 10 heteroatoms. The third-order valence-electron chi connectivity index (χ3n) is 9.93. The second-order valence-electron chi connectivity index (χ2n) is 13.3. The highest BCUT2D eigenvalue weighted by molar-refractivity contribution is 7.86. The largest absolute Gasteiger partial charge is 0.744 e. The first-order valence-corrected chi connectivity index (χ1v) is 20.5. The molecule has 1 fully saturated rings. The number of aromatic nitrogens is 2. The Balaban J connectivity index is 1.24. The van der Waals surface area contributed by atoms with E-state index in [0.29, 0.717) is 11.1 Å². The van der Waals surface area contributed by atoms with E-state index in [2.05, 4.69) is 21.5 Å². The average Bonchev–Trinajstić information content (AvgIpc) is 3.19. The van der Waals surface area contributed by atoms with Gasteiger partial charge in [0.2, 0.25) is 11.4 Å². The summed E-state index contributed by atoms with van der Waals surface area (Å²) in [6.07, 6.45) is 11.1. The van der Waals surface area contributed by atoms with Gasteiger partial charge in [-0.05, 0) is 58.7 Å². The minimum absolute atomic E-state index is 0.133. The standard InChI is InChI=1S/C44H38N2O6S2/c47-53(48,49)43-23-9-7-19-35(43)31-39(33-15-3-1-4-16-33)41-21-11-13-29-45(41)37-25-27-38(28-26-37)46-30-14-12-22-42(46)40(34-17-5-2-6-18-34)32-36-20-8-10-24-44(36)54(50,51)52/h1-24,29-32,37-38H,25-28H2/b39-31+,40-32+. The summed E-state index contributed by atoms with van der Waals surface area (Å²) in [7, 11) is -9.42. The lowest BCUT2D eigenvalue weighted by Gasteiger charge is -2.25. The molecule has 0 atom stereocenters. The molecule has 6 aromatic rings. The summed E-state index contributed by atoms with van der Waals surface area (Å²) in [4.78, 5) is -0.529. The minimum Gasteiger partial charge on any atom is -0.744 e. The molecule has 1 aliphatic rings. The number of hydrogen-bond donors (Lipinski definition) is 0. The number of nitrogens with zero attached hydrogens (tertiary/aromatic N) is 2. The van der Waals surface area contributed by atoms with Gasteiger partial charge in [0.05, 0.1) is 20.9 Å². The van der Waals surface area contributed by atoms with Gasteiger partial charge in [0.1, 0.15) is 20.2 Å². The van der Waals surface area contributed by atoms with Crippen LogP contribution in [0.15, 0.2) is 168 Å². The topological polar surface area (TPSA) is 122 Å². The number of benzene rings is 4. The molecule has 7 rings (SSSR count). The molecule has 8 nitrogen and oxygen atoms in total. The molecule has 2 aromatic heterocycles. The predicted molar refractivity (Wildman–Crippen MR) is 205 cm³/mol. The molecule has 0 bridgehead atoms. The SMILES string of the molecule is O=S(=O)([O-])c1ccccc1/C=C(\c1ccccc1)c1cccc[n+]1C1CCC([n+]2ccccc2/C(=C/c2ccccc2S(=O)(=O)[O-])c2ccccc2)CC1. The van der Waals surface area contributed by atoms with Gasteiger partial charge in [-0.2, -0.15) is 9.13 Å². The predicted octanol–water partition coefficient (Wildman–Crippen LogP) is 7.60. The third kappa shape index (κ3) is 8.17. The zero-order valence-corrected chi connectivity index (χ0v) is 30.9. The van der Waals surface area contributed by atoms with Crippen molar-refractivity contribution < 1.29 is 35.1 Å². The molecular weight excluding hydrogens is 717 g/mol. The van der Waals surface area contributed by atoms with Gasteiger partial charge < -0.3 is 9.11 Å². The van der Waals surface area contributed by atoms with Crippen molar-refractivity contribution >= 4 is 43.5 Å². The van der Waals surface area contributed by atoms with Crippen molar-refractivity contribution in [3.05, 3.63) is 192 Å². The van der Waals surface area contributed by atoms with E-state index in [4.69, 9.17) is 0 Å². The normalized spacial score (nSPS) is 16.9. The Hall–Kier alpha value is -5.52. The molecule has 0 radical (unpaired) electrons. The van der Waals surface area contributed by atoms with Crippen LogP contribution in [0, 0.1) is 0 Å². The lowest BCUT2D eigenvalue weighted by Crippen LogP contribution is -2.49. The summed E-state index contributed by atoms with van der Waals surface area (Å²) in [5.74, 6) is 0. The van der Waals surface area contributed by atoms with Crippen LogP contribution in [0.2, 0.25) is 0 Å². The number of pyridine rings is 2. The molecule has 4 aromatic carbocycles. The van der Waals surface area contributed by atoms with Crippen LogP contribution in [-0.2, 0) is 20.2 Å². The average molecular weight is 755 g/mol. The van der Waals surface area contributed by atoms with Gasteiger partial charge in [0.25, 0.3) is 0 Å². The fraction of sp³-hybridized carbons (Fsp3) is 0.136. The molecule has 0 aliphatic heterocycles. The molecule has 0 spiro atoms. The first-order valence-electron chi connectivity index (χ1n) is 17.7. The van der Waals surface area contributed by atoms with E-state index in [0.717, 1.165) is 59.3 Å². The van der Waals surface area contributed by atoms with E-state index < -0.39 is 20.2 Å². The van der Waals surface area contributed by atoms with Crippen molar-refractivity contribution in [1.29, 1.82) is 0 Å². The first kappa shape index (κ1) is 36.8. The Morgan fingerprint density at radius 3 is 1.17 bits per heavy atom. The summed E-state index contributed by atoms with van der Waals surface area (Å²) < 4.78 is 77.9. The second-order valence-corrected chi connectivity index (χ2v) is 16.0. The zero-order valence-electron chi connectivity index (χ0n) is 29.3. The molecule has 1 aliphatic carbocycles. The highest BCUT2D eigenvalue weighted by atomic mass is 32.2. The zero-order chi connectivity index (χ0) is 37.7. The first-order chi connectivity index (χ1) is 26.1. The monoisotopic (exact) mass is 754 g/mol. The van der Waals surface area contributed by atoms with Crippen molar-refractivity contribution in [2.24, 2.45) is 0 Å². The van der Waals surface area contributed by atoms with E-state index in [9.17, 15) is 25.9 Å². The molecular formula is C44H38N2O6S2. The summed E-state index contributed by atoms with van der Waals surface area (Å²) in [5.41, 5.74) is 5.84. The van der Waals surface area contributed by atoms with E-state index in [1.54, 1.807) is 48.6 Å². The van der Waals surface area contributed by atoms with Crippen LogP contribution in [0.5, 0.6) is 0 Å². The van der Waals surface area contributed by atoms with Crippen LogP contribution < -0.4 is 9.13 Å². The Kier molecular flexibility index (Phi) is 10.8. The van der Waals surface area contributed by atoms with Gasteiger partial charge in [-0.1, -0.05) is 97.1 Å². The second kappa shape index (κ2) is 15.8. The number of rotatable bonds is 10. The summed E-state index contributed by atoms with van der Waals surface area (Å²) >= 11 is 0. The molecule has 0 amide bonds. The van der Waals surface area contributed by atoms with Gasteiger partial charge in [-0.25, -0.2) is 16.8 Å². The van der Waals surface area contributed by atoms with Gasteiger partial charge in [0.15, 0.2) is 24.5 Å². The fourth-order valence-electron chi connectivity index (χ4n) is 7.43. The maximum absolute atomic E-state index is 12.2. The van der Waals surface area contributed by atoms with Gasteiger partial charge in [-0.3, -0.25) is 0 Å². The minimum atomic E-state index is -4.71. The molecule has 54 heavy (non-hydrogen) atoms. The molecule has 0 saturated heterocycles. The van der Waals surface area contributed by atoms with E-state index in [1.165, 1.54) is 12.1 Å². The Morgan fingerprint density at radius 1 is 0.463 bits per heavy atom. The van der Waals surface area contributed by atoms with Gasteiger partial charge in [-0.15, -0.1) is 0 Å². The number of hydrogen-bond acceptors (Lipinski definition) is 6. The Bertz CT molecular complexity index is 2380. The van der Waals surface area contributed by atoms with Crippen LogP contribution in [-0.4, -0.2) is 25.9 Å². The van der Waals surface area contributed by atoms with Crippen molar-refractivity contribution in [2.75, 3.05) is 0 Å². The van der Waals surface area contributed by atoms with Crippen LogP contribution in [0.4, 0.5) is 0 Å². The quantitative estimate of drug-likeness (QED) is 0.0807. The highest BCUT2D eigenvalue weighted by Crippen LogP contribution is 2.34. The summed E-state index contributed by atoms with van der Waals surface area (Å²) in [5, 5.41) is 0. The molecule has 2 heterocycles. The molecule has 0 N–H and O–H groups in total.